The molecule has 0 radical (unpaired) electrons. The summed E-state index contributed by atoms with van der Waals surface area (Å²) in [6, 6.07) is 13.0. The van der Waals surface area contributed by atoms with Crippen LogP contribution in [0.4, 0.5) is 11.4 Å². The van der Waals surface area contributed by atoms with Gasteiger partial charge in [-0.25, -0.2) is 0 Å². The number of hydrogen-bond acceptors (Lipinski definition) is 2. The maximum Gasteiger partial charge on any atom is 0.258 e. The lowest BCUT2D eigenvalue weighted by molar-refractivity contribution is 0.0993. The average molecular weight is 254 g/mol. The number of nitrogen functional groups attached to an aromatic ring is 1. The lowest BCUT2D eigenvalue weighted by Gasteiger charge is -2.20. The molecule has 19 heavy (non-hydrogen) atoms. The summed E-state index contributed by atoms with van der Waals surface area (Å²) >= 11 is 0. The van der Waals surface area contributed by atoms with E-state index in [9.17, 15) is 4.79 Å². The Morgan fingerprint density at radius 2 is 1.79 bits per heavy atom. The molecule has 0 bridgehead atoms. The minimum absolute atomic E-state index is 0.0546. The first kappa shape index (κ1) is 13.1. The largest absolute Gasteiger partial charge is 0.399 e. The van der Waals surface area contributed by atoms with Gasteiger partial charge in [-0.1, -0.05) is 18.2 Å². The number of anilines is 2. The highest BCUT2D eigenvalue weighted by molar-refractivity contribution is 6.06. The summed E-state index contributed by atoms with van der Waals surface area (Å²) in [5, 5.41) is 0. The molecular formula is C16H18N2O. The van der Waals surface area contributed by atoms with Crippen molar-refractivity contribution < 1.29 is 4.79 Å². The minimum Gasteiger partial charge on any atom is -0.399 e. The molecule has 0 heterocycles. The van der Waals surface area contributed by atoms with Crippen LogP contribution in [0.3, 0.4) is 0 Å². The molecule has 0 aliphatic rings. The summed E-state index contributed by atoms with van der Waals surface area (Å²) in [4.78, 5) is 14.1. The van der Waals surface area contributed by atoms with Crippen LogP contribution < -0.4 is 10.6 Å². The number of aryl methyl sites for hydroxylation is 1. The topological polar surface area (TPSA) is 46.3 Å². The van der Waals surface area contributed by atoms with Crippen LogP contribution in [-0.4, -0.2) is 13.0 Å². The van der Waals surface area contributed by atoms with E-state index in [-0.39, 0.29) is 5.91 Å². The first-order valence-electron chi connectivity index (χ1n) is 6.20. The quantitative estimate of drug-likeness (QED) is 0.837. The molecule has 0 atom stereocenters. The van der Waals surface area contributed by atoms with Gasteiger partial charge in [-0.3, -0.25) is 4.79 Å². The summed E-state index contributed by atoms with van der Waals surface area (Å²) in [6.07, 6.45) is 0. The summed E-state index contributed by atoms with van der Waals surface area (Å²) in [5.41, 5.74) is 10.1. The van der Waals surface area contributed by atoms with E-state index in [1.165, 1.54) is 5.56 Å². The summed E-state index contributed by atoms with van der Waals surface area (Å²) < 4.78 is 0. The van der Waals surface area contributed by atoms with Crippen LogP contribution in [0.25, 0.3) is 0 Å². The van der Waals surface area contributed by atoms with Gasteiger partial charge in [0.05, 0.1) is 0 Å². The standard InChI is InChI=1S/C16H18N2O/c1-11-6-4-9-15(12(11)2)18(3)16(19)13-7-5-8-14(17)10-13/h4-10H,17H2,1-3H3. The average Bonchev–Trinajstić information content (AvgIpc) is 2.40. The van der Waals surface area contributed by atoms with Gasteiger partial charge in [-0.2, -0.15) is 0 Å². The molecule has 3 heteroatoms. The molecule has 0 unspecified atom stereocenters. The normalized spacial score (nSPS) is 10.3. The maximum absolute atomic E-state index is 12.4. The van der Waals surface area contributed by atoms with Gasteiger partial charge in [0, 0.05) is 24.0 Å². The van der Waals surface area contributed by atoms with E-state index < -0.39 is 0 Å². The maximum atomic E-state index is 12.4. The molecule has 1 amide bonds. The van der Waals surface area contributed by atoms with Gasteiger partial charge < -0.3 is 10.6 Å². The van der Waals surface area contributed by atoms with E-state index in [1.54, 1.807) is 36.2 Å². The van der Waals surface area contributed by atoms with Crippen molar-refractivity contribution in [3.05, 3.63) is 59.2 Å². The van der Waals surface area contributed by atoms with Crippen molar-refractivity contribution in [1.82, 2.24) is 0 Å². The van der Waals surface area contributed by atoms with E-state index in [0.29, 0.717) is 11.3 Å². The first-order chi connectivity index (χ1) is 9.00. The Hall–Kier alpha value is -2.29. The predicted octanol–water partition coefficient (Wildman–Crippen LogP) is 3.16. The zero-order valence-corrected chi connectivity index (χ0v) is 11.5. The smallest absolute Gasteiger partial charge is 0.258 e. The molecule has 3 nitrogen and oxygen atoms in total. The highest BCUT2D eigenvalue weighted by Crippen LogP contribution is 2.23. The van der Waals surface area contributed by atoms with E-state index in [1.807, 2.05) is 32.0 Å². The van der Waals surface area contributed by atoms with Crippen molar-refractivity contribution >= 4 is 17.3 Å². The van der Waals surface area contributed by atoms with Gasteiger partial charge in [-0.15, -0.1) is 0 Å². The second-order valence-electron chi connectivity index (χ2n) is 4.71. The molecule has 98 valence electrons. The molecule has 0 spiro atoms. The van der Waals surface area contributed by atoms with Crippen molar-refractivity contribution in [2.45, 2.75) is 13.8 Å². The van der Waals surface area contributed by atoms with E-state index in [0.717, 1.165) is 11.3 Å². The fourth-order valence-corrected chi connectivity index (χ4v) is 2.07. The lowest BCUT2D eigenvalue weighted by Crippen LogP contribution is -2.27. The summed E-state index contributed by atoms with van der Waals surface area (Å²) in [6.45, 7) is 4.06. The second-order valence-corrected chi connectivity index (χ2v) is 4.71. The Labute approximate surface area is 113 Å². The van der Waals surface area contributed by atoms with Crippen LogP contribution in [0, 0.1) is 13.8 Å². The van der Waals surface area contributed by atoms with Crippen molar-refractivity contribution in [2.75, 3.05) is 17.7 Å². The van der Waals surface area contributed by atoms with Crippen LogP contribution in [0.2, 0.25) is 0 Å². The Balaban J connectivity index is 2.36. The number of carbonyl (C=O) groups is 1. The number of rotatable bonds is 2. The number of nitrogens with two attached hydrogens (primary N) is 1. The molecule has 0 saturated heterocycles. The van der Waals surface area contributed by atoms with E-state index in [4.69, 9.17) is 5.73 Å². The van der Waals surface area contributed by atoms with Crippen LogP contribution in [0.5, 0.6) is 0 Å². The first-order valence-corrected chi connectivity index (χ1v) is 6.20. The fourth-order valence-electron chi connectivity index (χ4n) is 2.07. The minimum atomic E-state index is -0.0546. The molecule has 2 N–H and O–H groups in total. The molecular weight excluding hydrogens is 236 g/mol. The van der Waals surface area contributed by atoms with Crippen molar-refractivity contribution in [1.29, 1.82) is 0 Å². The molecule has 2 aromatic rings. The van der Waals surface area contributed by atoms with Gasteiger partial charge in [0.25, 0.3) is 5.91 Å². The molecule has 0 fully saturated rings. The highest BCUT2D eigenvalue weighted by atomic mass is 16.2. The summed E-state index contributed by atoms with van der Waals surface area (Å²) in [5.74, 6) is -0.0546. The Morgan fingerprint density at radius 3 is 2.47 bits per heavy atom. The fraction of sp³-hybridized carbons (Fsp3) is 0.188. The SMILES string of the molecule is Cc1cccc(N(C)C(=O)c2cccc(N)c2)c1C. The van der Waals surface area contributed by atoms with Crippen molar-refractivity contribution in [2.24, 2.45) is 0 Å². The number of carbonyl (C=O) groups excluding carboxylic acids is 1. The van der Waals surface area contributed by atoms with Crippen LogP contribution >= 0.6 is 0 Å². The number of amides is 1. The predicted molar refractivity (Wildman–Crippen MR) is 79.5 cm³/mol. The third-order valence-corrected chi connectivity index (χ3v) is 3.38. The van der Waals surface area contributed by atoms with E-state index in [2.05, 4.69) is 0 Å². The van der Waals surface area contributed by atoms with Gasteiger partial charge >= 0.3 is 0 Å². The third kappa shape index (κ3) is 2.60. The molecule has 2 aromatic carbocycles. The zero-order chi connectivity index (χ0) is 14.0. The number of nitrogens with zero attached hydrogens (tertiary/aromatic N) is 1. The monoisotopic (exact) mass is 254 g/mol. The zero-order valence-electron chi connectivity index (χ0n) is 11.5. The summed E-state index contributed by atoms with van der Waals surface area (Å²) in [7, 11) is 1.79. The number of hydrogen-bond donors (Lipinski definition) is 1. The van der Waals surface area contributed by atoms with Gasteiger partial charge in [-0.05, 0) is 49.2 Å². The molecule has 0 aliphatic heterocycles. The molecule has 2 rings (SSSR count). The Morgan fingerprint density at radius 1 is 1.11 bits per heavy atom. The molecule has 0 aliphatic carbocycles. The lowest BCUT2D eigenvalue weighted by atomic mass is 10.1. The highest BCUT2D eigenvalue weighted by Gasteiger charge is 2.15. The van der Waals surface area contributed by atoms with Crippen molar-refractivity contribution in [3.63, 3.8) is 0 Å². The van der Waals surface area contributed by atoms with Gasteiger partial charge in [0.2, 0.25) is 0 Å². The Kier molecular flexibility index (Phi) is 3.56. The van der Waals surface area contributed by atoms with Gasteiger partial charge in [0.1, 0.15) is 0 Å². The van der Waals surface area contributed by atoms with Crippen LogP contribution in [-0.2, 0) is 0 Å². The van der Waals surface area contributed by atoms with Crippen LogP contribution in [0.1, 0.15) is 21.5 Å². The van der Waals surface area contributed by atoms with Crippen molar-refractivity contribution in [3.8, 4) is 0 Å². The Bertz CT molecular complexity index is 620. The molecule has 0 aromatic heterocycles. The third-order valence-electron chi connectivity index (χ3n) is 3.38. The van der Waals surface area contributed by atoms with E-state index >= 15 is 0 Å². The van der Waals surface area contributed by atoms with Crippen LogP contribution in [0.15, 0.2) is 42.5 Å². The molecule has 0 saturated carbocycles. The van der Waals surface area contributed by atoms with Gasteiger partial charge in [0.15, 0.2) is 0 Å². The number of benzene rings is 2. The second kappa shape index (κ2) is 5.14.